The minimum Gasteiger partial charge on any atom is -0.611 e. The molecule has 4 nitrogen and oxygen atoms in total. The van der Waals surface area contributed by atoms with Crippen LogP contribution in [0.1, 0.15) is 23.7 Å². The van der Waals surface area contributed by atoms with Gasteiger partial charge in [-0.05, 0) is 35.1 Å². The van der Waals surface area contributed by atoms with Crippen molar-refractivity contribution in [2.75, 3.05) is 5.75 Å². The van der Waals surface area contributed by atoms with Crippen LogP contribution in [0.15, 0.2) is 33.9 Å². The molecular formula is C15H14N2O2S3. The number of fused-ring (bicyclic) bond motifs is 1. The molecule has 3 rings (SSSR count). The predicted molar refractivity (Wildman–Crippen MR) is 93.0 cm³/mol. The fourth-order valence-electron chi connectivity index (χ4n) is 2.14. The summed E-state index contributed by atoms with van der Waals surface area (Å²) in [6, 6.07) is 7.39. The molecule has 3 aromatic rings. The van der Waals surface area contributed by atoms with Gasteiger partial charge in [-0.25, -0.2) is 4.98 Å². The summed E-state index contributed by atoms with van der Waals surface area (Å²) in [5.41, 5.74) is 6.67. The molecule has 0 aliphatic carbocycles. The van der Waals surface area contributed by atoms with Crippen LogP contribution in [-0.2, 0) is 11.2 Å². The topological polar surface area (TPSA) is 79.0 Å². The summed E-state index contributed by atoms with van der Waals surface area (Å²) in [4.78, 5) is 18.1. The quantitative estimate of drug-likeness (QED) is 0.713. The maximum Gasteiger partial charge on any atom is 0.249 e. The van der Waals surface area contributed by atoms with Gasteiger partial charge in [-0.2, -0.15) is 0 Å². The number of hydrogen-bond donors (Lipinski definition) is 1. The summed E-state index contributed by atoms with van der Waals surface area (Å²) >= 11 is 1.88. The van der Waals surface area contributed by atoms with Crippen LogP contribution in [0, 0.1) is 0 Å². The summed E-state index contributed by atoms with van der Waals surface area (Å²) in [6.45, 7) is 1.99. The number of carbonyl (C=O) groups is 1. The molecule has 1 atom stereocenters. The molecule has 0 saturated carbocycles. The summed E-state index contributed by atoms with van der Waals surface area (Å²) in [5, 5.41) is 2.65. The fraction of sp³-hybridized carbons (Fsp3) is 0.200. The molecule has 1 amide bonds. The van der Waals surface area contributed by atoms with Gasteiger partial charge in [-0.1, -0.05) is 24.3 Å². The zero-order valence-electron chi connectivity index (χ0n) is 11.9. The first-order valence-corrected chi connectivity index (χ1v) is 9.78. The first-order valence-electron chi connectivity index (χ1n) is 6.76. The summed E-state index contributed by atoms with van der Waals surface area (Å²) < 4.78 is 12.9. The third-order valence-electron chi connectivity index (χ3n) is 3.14. The predicted octanol–water partition coefficient (Wildman–Crippen LogP) is 3.64. The van der Waals surface area contributed by atoms with Crippen LogP contribution in [0.3, 0.4) is 0 Å². The van der Waals surface area contributed by atoms with E-state index >= 15 is 0 Å². The summed E-state index contributed by atoms with van der Waals surface area (Å²) in [6.07, 6.45) is 0.845. The first kappa shape index (κ1) is 15.5. The Morgan fingerprint density at radius 1 is 1.45 bits per heavy atom. The maximum atomic E-state index is 12.2. The Balaban J connectivity index is 2.17. The molecule has 0 fully saturated rings. The molecule has 114 valence electrons. The lowest BCUT2D eigenvalue weighted by atomic mass is 10.1. The minimum absolute atomic E-state index is 0.435. The molecule has 0 aliphatic rings. The van der Waals surface area contributed by atoms with Crippen molar-refractivity contribution in [3.8, 4) is 10.6 Å². The second-order valence-corrected chi connectivity index (χ2v) is 8.51. The number of nitrogens with two attached hydrogens (primary N) is 1. The molecule has 0 saturated heterocycles. The molecule has 0 spiro atoms. The highest BCUT2D eigenvalue weighted by molar-refractivity contribution is 7.93. The van der Waals surface area contributed by atoms with Gasteiger partial charge in [-0.3, -0.25) is 4.79 Å². The lowest BCUT2D eigenvalue weighted by molar-refractivity contribution is 0.100. The van der Waals surface area contributed by atoms with Crippen LogP contribution in [0.25, 0.3) is 20.8 Å². The zero-order chi connectivity index (χ0) is 15.7. The Hall–Kier alpha value is -1.41. The van der Waals surface area contributed by atoms with Crippen molar-refractivity contribution in [2.24, 2.45) is 5.73 Å². The molecular weight excluding hydrogens is 336 g/mol. The molecule has 0 bridgehead atoms. The van der Waals surface area contributed by atoms with Gasteiger partial charge < -0.3 is 10.3 Å². The Labute approximate surface area is 139 Å². The van der Waals surface area contributed by atoms with Crippen LogP contribution < -0.4 is 5.73 Å². The number of carbonyl (C=O) groups excluding carboxylic acids is 1. The zero-order valence-corrected chi connectivity index (χ0v) is 14.3. The van der Waals surface area contributed by atoms with E-state index in [2.05, 4.69) is 4.98 Å². The van der Waals surface area contributed by atoms with E-state index in [0.29, 0.717) is 21.5 Å². The highest BCUT2D eigenvalue weighted by Crippen LogP contribution is 2.34. The standard InChI is InChI=1S/C15H14N2O2S3/c1-2-6-22(19)13-8-10-9(14(16)18)7-11(17-15(10)21-13)12-4-3-5-20-12/h3-5,7-8H,2,6H2,1H3,(H2,16,18). The Bertz CT molecular complexity index is 812. The van der Waals surface area contributed by atoms with E-state index in [9.17, 15) is 9.35 Å². The highest BCUT2D eigenvalue weighted by atomic mass is 32.2. The van der Waals surface area contributed by atoms with Crippen LogP contribution in [-0.4, -0.2) is 21.2 Å². The van der Waals surface area contributed by atoms with Crippen LogP contribution in [0.5, 0.6) is 0 Å². The van der Waals surface area contributed by atoms with E-state index in [1.54, 1.807) is 23.5 Å². The number of pyridine rings is 1. The number of amides is 1. The lowest BCUT2D eigenvalue weighted by Crippen LogP contribution is -2.11. The van der Waals surface area contributed by atoms with E-state index in [0.717, 1.165) is 21.2 Å². The minimum atomic E-state index is -1.05. The van der Waals surface area contributed by atoms with Crippen LogP contribution in [0.2, 0.25) is 0 Å². The van der Waals surface area contributed by atoms with Crippen molar-refractivity contribution in [3.63, 3.8) is 0 Å². The van der Waals surface area contributed by atoms with Crippen molar-refractivity contribution >= 4 is 50.0 Å². The highest BCUT2D eigenvalue weighted by Gasteiger charge is 2.20. The maximum absolute atomic E-state index is 12.2. The normalized spacial score (nSPS) is 12.6. The number of hydrogen-bond acceptors (Lipinski definition) is 5. The van der Waals surface area contributed by atoms with Gasteiger partial charge in [-0.15, -0.1) is 11.3 Å². The lowest BCUT2D eigenvalue weighted by Gasteiger charge is -2.04. The second-order valence-electron chi connectivity index (χ2n) is 4.73. The monoisotopic (exact) mass is 350 g/mol. The van der Waals surface area contributed by atoms with Crippen molar-refractivity contribution in [1.82, 2.24) is 4.98 Å². The van der Waals surface area contributed by atoms with E-state index in [4.69, 9.17) is 5.73 Å². The van der Waals surface area contributed by atoms with Gasteiger partial charge in [0, 0.05) is 11.5 Å². The molecule has 0 aromatic carbocycles. The number of rotatable bonds is 5. The number of nitrogens with zero attached hydrogens (tertiary/aromatic N) is 1. The molecule has 3 aromatic heterocycles. The van der Waals surface area contributed by atoms with Crippen molar-refractivity contribution < 1.29 is 9.35 Å². The van der Waals surface area contributed by atoms with Crippen LogP contribution in [0.4, 0.5) is 0 Å². The molecule has 3 heterocycles. The van der Waals surface area contributed by atoms with E-state index < -0.39 is 17.1 Å². The average molecular weight is 350 g/mol. The SMILES string of the molecule is CCC[S+]([O-])c1cc2c(C(N)=O)cc(-c3cccs3)nc2s1. The largest absolute Gasteiger partial charge is 0.611 e. The number of thiophene rings is 2. The van der Waals surface area contributed by atoms with Crippen molar-refractivity contribution in [2.45, 2.75) is 17.6 Å². The van der Waals surface area contributed by atoms with Crippen LogP contribution >= 0.6 is 22.7 Å². The number of primary amides is 1. The van der Waals surface area contributed by atoms with Gasteiger partial charge in [0.1, 0.15) is 10.6 Å². The fourth-order valence-corrected chi connectivity index (χ4v) is 5.30. The Morgan fingerprint density at radius 3 is 2.91 bits per heavy atom. The van der Waals surface area contributed by atoms with Crippen molar-refractivity contribution in [1.29, 1.82) is 0 Å². The summed E-state index contributed by atoms with van der Waals surface area (Å²) in [7, 11) is 0. The Morgan fingerprint density at radius 2 is 2.27 bits per heavy atom. The molecule has 2 N–H and O–H groups in total. The molecule has 0 aliphatic heterocycles. The van der Waals surface area contributed by atoms with E-state index in [1.165, 1.54) is 11.3 Å². The summed E-state index contributed by atoms with van der Waals surface area (Å²) in [5.74, 6) is 0.118. The third kappa shape index (κ3) is 2.89. The molecule has 22 heavy (non-hydrogen) atoms. The number of aromatic nitrogens is 1. The van der Waals surface area contributed by atoms with Gasteiger partial charge in [0.25, 0.3) is 0 Å². The average Bonchev–Trinajstić information content (AvgIpc) is 3.15. The molecule has 0 radical (unpaired) electrons. The second kappa shape index (κ2) is 6.37. The molecule has 1 unspecified atom stereocenters. The van der Waals surface area contributed by atoms with Gasteiger partial charge in [0.2, 0.25) is 10.1 Å². The molecule has 7 heteroatoms. The third-order valence-corrected chi connectivity index (χ3v) is 7.01. The smallest absolute Gasteiger partial charge is 0.249 e. The van der Waals surface area contributed by atoms with Gasteiger partial charge in [0.15, 0.2) is 0 Å². The van der Waals surface area contributed by atoms with E-state index in [-0.39, 0.29) is 0 Å². The van der Waals surface area contributed by atoms with E-state index in [1.807, 2.05) is 24.4 Å². The Kier molecular flexibility index (Phi) is 4.49. The van der Waals surface area contributed by atoms with Gasteiger partial charge >= 0.3 is 0 Å². The van der Waals surface area contributed by atoms with Gasteiger partial charge in [0.05, 0.1) is 16.1 Å². The first-order chi connectivity index (χ1) is 10.6. The van der Waals surface area contributed by atoms with Crippen molar-refractivity contribution in [3.05, 3.63) is 35.2 Å².